The van der Waals surface area contributed by atoms with Gasteiger partial charge in [-0.25, -0.2) is 17.6 Å². The van der Waals surface area contributed by atoms with E-state index in [0.717, 1.165) is 40.8 Å². The van der Waals surface area contributed by atoms with Crippen molar-refractivity contribution in [3.05, 3.63) is 64.9 Å². The molecule has 0 radical (unpaired) electrons. The fraction of sp³-hybridized carbons (Fsp3) is 0.533. The van der Waals surface area contributed by atoms with Crippen molar-refractivity contribution in [1.29, 1.82) is 0 Å². The molecule has 0 amide bonds. The second-order valence-electron chi connectivity index (χ2n) is 12.0. The Morgan fingerprint density at radius 1 is 1.18 bits per heavy atom. The standard InChI is InChI=1S/C30H35F5N4O/c1-17-12-20-19-6-3-4-7-23(19)37-26(20)27(39(17)28(40)29(2,34)35)25-21(32)13-18(14-22(25)33)36-24-15-38(11-5-10-31)16-30(24)8-9-30/h3-4,6-7,13-14,17,24,27-28,36-37,40H,5,8-12,15-16H2,1-2H3/t17-,24-,27-,28?/m1/s1. The summed E-state index contributed by atoms with van der Waals surface area (Å²) in [6.07, 6.45) is 0.527. The van der Waals surface area contributed by atoms with Crippen molar-refractivity contribution in [2.24, 2.45) is 5.41 Å². The van der Waals surface area contributed by atoms with Crippen LogP contribution in [0.3, 0.4) is 0 Å². The number of rotatable bonds is 8. The molecule has 1 saturated carbocycles. The van der Waals surface area contributed by atoms with Crippen molar-refractivity contribution >= 4 is 16.6 Å². The molecule has 216 valence electrons. The quantitative estimate of drug-likeness (QED) is 0.295. The lowest BCUT2D eigenvalue weighted by molar-refractivity contribution is -0.186. The van der Waals surface area contributed by atoms with Crippen LogP contribution < -0.4 is 5.32 Å². The second kappa shape index (κ2) is 9.99. The number of nitrogens with zero attached hydrogens (tertiary/aromatic N) is 2. The number of aliphatic hydroxyl groups excluding tert-OH is 1. The van der Waals surface area contributed by atoms with Crippen molar-refractivity contribution in [1.82, 2.24) is 14.8 Å². The number of para-hydroxylation sites is 1. The highest BCUT2D eigenvalue weighted by molar-refractivity contribution is 5.85. The lowest BCUT2D eigenvalue weighted by Crippen LogP contribution is -2.55. The third kappa shape index (κ3) is 4.67. The Morgan fingerprint density at radius 3 is 2.52 bits per heavy atom. The van der Waals surface area contributed by atoms with E-state index >= 15 is 8.78 Å². The van der Waals surface area contributed by atoms with Crippen LogP contribution in [-0.4, -0.2) is 70.4 Å². The molecule has 2 aromatic carbocycles. The van der Waals surface area contributed by atoms with Crippen LogP contribution in [0, 0.1) is 17.0 Å². The molecule has 3 N–H and O–H groups in total. The number of aromatic nitrogens is 1. The van der Waals surface area contributed by atoms with Crippen LogP contribution in [-0.2, 0) is 6.42 Å². The van der Waals surface area contributed by atoms with Gasteiger partial charge in [-0.1, -0.05) is 18.2 Å². The fourth-order valence-corrected chi connectivity index (χ4v) is 6.94. The number of benzene rings is 2. The number of H-pyrrole nitrogens is 1. The van der Waals surface area contributed by atoms with Gasteiger partial charge in [0.05, 0.1) is 12.7 Å². The predicted molar refractivity (Wildman–Crippen MR) is 144 cm³/mol. The molecular weight excluding hydrogens is 527 g/mol. The Labute approximate surface area is 230 Å². The zero-order valence-corrected chi connectivity index (χ0v) is 22.7. The third-order valence-corrected chi connectivity index (χ3v) is 9.07. The number of hydrogen-bond acceptors (Lipinski definition) is 4. The largest absolute Gasteiger partial charge is 0.380 e. The van der Waals surface area contributed by atoms with Gasteiger partial charge in [0.15, 0.2) is 6.23 Å². The van der Waals surface area contributed by atoms with Crippen LogP contribution in [0.2, 0.25) is 0 Å². The first-order valence-corrected chi connectivity index (χ1v) is 14.0. The minimum Gasteiger partial charge on any atom is -0.380 e. The topological polar surface area (TPSA) is 54.5 Å². The van der Waals surface area contributed by atoms with Crippen molar-refractivity contribution in [3.8, 4) is 0 Å². The normalized spacial score (nSPS) is 25.4. The number of alkyl halides is 3. The number of aromatic amines is 1. The van der Waals surface area contributed by atoms with E-state index < -0.39 is 35.9 Å². The summed E-state index contributed by atoms with van der Waals surface area (Å²) in [6.45, 7) is 4.04. The molecule has 1 spiro atoms. The molecule has 1 unspecified atom stereocenters. The van der Waals surface area contributed by atoms with E-state index in [0.29, 0.717) is 38.5 Å². The summed E-state index contributed by atoms with van der Waals surface area (Å²) in [4.78, 5) is 6.52. The number of aliphatic hydroxyl groups is 1. The average molecular weight is 563 g/mol. The van der Waals surface area contributed by atoms with Gasteiger partial charge >= 0.3 is 0 Å². The van der Waals surface area contributed by atoms with E-state index in [2.05, 4.69) is 15.2 Å². The molecule has 6 rings (SSSR count). The van der Waals surface area contributed by atoms with E-state index in [4.69, 9.17) is 0 Å². The maximum atomic E-state index is 16.0. The highest BCUT2D eigenvalue weighted by Gasteiger charge is 2.55. The molecule has 1 aliphatic carbocycles. The molecule has 10 heteroatoms. The van der Waals surface area contributed by atoms with Gasteiger partial charge in [0.1, 0.15) is 11.6 Å². The second-order valence-corrected chi connectivity index (χ2v) is 12.0. The van der Waals surface area contributed by atoms with Crippen LogP contribution >= 0.6 is 0 Å². The minimum atomic E-state index is -3.53. The molecule has 3 aliphatic rings. The van der Waals surface area contributed by atoms with Crippen LogP contribution in [0.4, 0.5) is 27.6 Å². The summed E-state index contributed by atoms with van der Waals surface area (Å²) in [6, 6.07) is 7.89. The van der Waals surface area contributed by atoms with Crippen molar-refractivity contribution in [3.63, 3.8) is 0 Å². The molecule has 0 bridgehead atoms. The van der Waals surface area contributed by atoms with E-state index in [1.807, 2.05) is 24.3 Å². The lowest BCUT2D eigenvalue weighted by atomic mass is 9.87. The zero-order valence-electron chi connectivity index (χ0n) is 22.7. The van der Waals surface area contributed by atoms with Gasteiger partial charge in [0, 0.05) is 71.9 Å². The lowest BCUT2D eigenvalue weighted by Gasteiger charge is -2.45. The maximum Gasteiger partial charge on any atom is 0.284 e. The molecule has 1 saturated heterocycles. The molecule has 3 heterocycles. The molecular formula is C30H35F5N4O. The van der Waals surface area contributed by atoms with E-state index in [-0.39, 0.29) is 29.4 Å². The Bertz CT molecular complexity index is 1380. The highest BCUT2D eigenvalue weighted by Crippen LogP contribution is 2.54. The smallest absolute Gasteiger partial charge is 0.284 e. The van der Waals surface area contributed by atoms with Gasteiger partial charge in [0.25, 0.3) is 5.92 Å². The molecule has 2 fully saturated rings. The van der Waals surface area contributed by atoms with Gasteiger partial charge in [-0.15, -0.1) is 0 Å². The zero-order chi connectivity index (χ0) is 28.4. The maximum absolute atomic E-state index is 16.0. The number of halogens is 5. The first-order chi connectivity index (χ1) is 19.0. The third-order valence-electron chi connectivity index (χ3n) is 9.07. The van der Waals surface area contributed by atoms with Gasteiger partial charge in [-0.2, -0.15) is 0 Å². The monoisotopic (exact) mass is 562 g/mol. The Hall–Kier alpha value is -2.69. The number of likely N-dealkylation sites (tertiary alicyclic amines) is 1. The van der Waals surface area contributed by atoms with Crippen molar-refractivity contribution in [2.45, 2.75) is 69.8 Å². The van der Waals surface area contributed by atoms with Gasteiger partial charge in [0.2, 0.25) is 0 Å². The summed E-state index contributed by atoms with van der Waals surface area (Å²) < 4.78 is 73.7. The Balaban J connectivity index is 1.38. The summed E-state index contributed by atoms with van der Waals surface area (Å²) in [5.74, 6) is -5.28. The fourth-order valence-electron chi connectivity index (χ4n) is 6.94. The highest BCUT2D eigenvalue weighted by atomic mass is 19.3. The van der Waals surface area contributed by atoms with Crippen molar-refractivity contribution in [2.75, 3.05) is 31.6 Å². The SMILES string of the molecule is C[C@@H]1Cc2c([nH]c3ccccc23)[C@@H](c2c(F)cc(N[C@@H]3CN(CCCF)CC34CC4)cc2F)N1C(O)C(C)(F)F. The summed E-state index contributed by atoms with van der Waals surface area (Å²) >= 11 is 0. The van der Waals surface area contributed by atoms with Crippen LogP contribution in [0.25, 0.3) is 10.9 Å². The first-order valence-electron chi connectivity index (χ1n) is 14.0. The summed E-state index contributed by atoms with van der Waals surface area (Å²) in [7, 11) is 0. The van der Waals surface area contributed by atoms with E-state index in [9.17, 15) is 18.3 Å². The summed E-state index contributed by atoms with van der Waals surface area (Å²) in [5, 5.41) is 14.9. The van der Waals surface area contributed by atoms with E-state index in [1.165, 1.54) is 12.1 Å². The van der Waals surface area contributed by atoms with E-state index in [1.54, 1.807) is 6.92 Å². The van der Waals surface area contributed by atoms with Crippen molar-refractivity contribution < 1.29 is 27.1 Å². The summed E-state index contributed by atoms with van der Waals surface area (Å²) in [5.41, 5.74) is 1.84. The number of fused-ring (bicyclic) bond motifs is 3. The van der Waals surface area contributed by atoms with Gasteiger partial charge in [-0.3, -0.25) is 9.29 Å². The minimum absolute atomic E-state index is 0.0214. The predicted octanol–water partition coefficient (Wildman–Crippen LogP) is 5.99. The molecule has 2 aliphatic heterocycles. The number of nitrogens with one attached hydrogen (secondary N) is 2. The Morgan fingerprint density at radius 2 is 1.88 bits per heavy atom. The van der Waals surface area contributed by atoms with Crippen LogP contribution in [0.15, 0.2) is 36.4 Å². The Kier molecular flexibility index (Phi) is 6.86. The van der Waals surface area contributed by atoms with Crippen LogP contribution in [0.1, 0.15) is 56.0 Å². The van der Waals surface area contributed by atoms with Gasteiger partial charge < -0.3 is 20.3 Å². The number of anilines is 1. The van der Waals surface area contributed by atoms with Crippen LogP contribution in [0.5, 0.6) is 0 Å². The first kappa shape index (κ1) is 27.5. The molecule has 5 nitrogen and oxygen atoms in total. The average Bonchev–Trinajstić information content (AvgIpc) is 3.46. The molecule has 1 aromatic heterocycles. The number of hydrogen-bond donors (Lipinski definition) is 3. The molecule has 4 atom stereocenters. The molecule has 40 heavy (non-hydrogen) atoms. The van der Waals surface area contributed by atoms with Gasteiger partial charge in [-0.05, 0) is 56.4 Å². The molecule has 3 aromatic rings.